The average molecular weight is 256 g/mol. The number of aromatic nitrogens is 1. The van der Waals surface area contributed by atoms with Crippen molar-refractivity contribution in [3.05, 3.63) is 41.6 Å². The third-order valence-electron chi connectivity index (χ3n) is 2.49. The van der Waals surface area contributed by atoms with Gasteiger partial charge in [0.1, 0.15) is 0 Å². The highest BCUT2D eigenvalue weighted by Crippen LogP contribution is 2.21. The second-order valence-electron chi connectivity index (χ2n) is 3.85. The van der Waals surface area contributed by atoms with Gasteiger partial charge in [-0.1, -0.05) is 5.16 Å². The van der Waals surface area contributed by atoms with E-state index in [1.54, 1.807) is 37.3 Å². The largest absolute Gasteiger partial charge is 0.466 e. The number of esters is 1. The molecule has 0 amide bonds. The monoisotopic (exact) mass is 256 g/mol. The molecule has 1 aromatic carbocycles. The summed E-state index contributed by atoms with van der Waals surface area (Å²) in [7, 11) is 0. The number of nitriles is 1. The van der Waals surface area contributed by atoms with Crippen molar-refractivity contribution < 1.29 is 14.1 Å². The Kier molecular flexibility index (Phi) is 3.94. The molecule has 0 aliphatic rings. The van der Waals surface area contributed by atoms with Gasteiger partial charge in [-0.05, 0) is 31.2 Å². The first-order valence-electron chi connectivity index (χ1n) is 5.84. The maximum Gasteiger partial charge on any atom is 0.311 e. The average Bonchev–Trinajstić information content (AvgIpc) is 2.87. The minimum Gasteiger partial charge on any atom is -0.466 e. The summed E-state index contributed by atoms with van der Waals surface area (Å²) in [4.78, 5) is 11.3. The van der Waals surface area contributed by atoms with E-state index in [2.05, 4.69) is 5.16 Å². The molecule has 19 heavy (non-hydrogen) atoms. The first kappa shape index (κ1) is 12.8. The molecule has 0 saturated heterocycles. The topological polar surface area (TPSA) is 76.1 Å². The number of carbonyl (C=O) groups excluding carboxylic acids is 1. The van der Waals surface area contributed by atoms with E-state index in [0.29, 0.717) is 23.6 Å². The van der Waals surface area contributed by atoms with E-state index in [1.165, 1.54) is 0 Å². The van der Waals surface area contributed by atoms with Crippen LogP contribution in [0.15, 0.2) is 34.9 Å². The summed E-state index contributed by atoms with van der Waals surface area (Å²) < 4.78 is 10.00. The van der Waals surface area contributed by atoms with Crippen molar-refractivity contribution in [2.24, 2.45) is 0 Å². The van der Waals surface area contributed by atoms with Crippen LogP contribution in [0.25, 0.3) is 11.3 Å². The minimum absolute atomic E-state index is 0.0909. The molecule has 0 saturated carbocycles. The van der Waals surface area contributed by atoms with Crippen molar-refractivity contribution in [3.8, 4) is 17.4 Å². The Morgan fingerprint density at radius 3 is 2.79 bits per heavy atom. The molecule has 0 fully saturated rings. The highest BCUT2D eigenvalue weighted by atomic mass is 16.5. The molecule has 0 radical (unpaired) electrons. The van der Waals surface area contributed by atoms with Crippen LogP contribution in [-0.4, -0.2) is 17.7 Å². The molecule has 0 atom stereocenters. The molecule has 96 valence electrons. The quantitative estimate of drug-likeness (QED) is 0.784. The molecule has 5 nitrogen and oxygen atoms in total. The molecule has 0 aliphatic heterocycles. The molecule has 0 unspecified atom stereocenters. The van der Waals surface area contributed by atoms with Crippen LogP contribution in [0.1, 0.15) is 18.2 Å². The first-order valence-corrected chi connectivity index (χ1v) is 5.84. The maximum atomic E-state index is 11.3. The minimum atomic E-state index is -0.331. The number of nitrogens with zero attached hydrogens (tertiary/aromatic N) is 2. The molecule has 5 heteroatoms. The lowest BCUT2D eigenvalue weighted by Crippen LogP contribution is -2.07. The van der Waals surface area contributed by atoms with Gasteiger partial charge in [0.2, 0.25) is 0 Å². The van der Waals surface area contributed by atoms with Crippen molar-refractivity contribution >= 4 is 5.97 Å². The molecule has 0 bridgehead atoms. The Morgan fingerprint density at radius 1 is 1.42 bits per heavy atom. The third kappa shape index (κ3) is 3.19. The van der Waals surface area contributed by atoms with E-state index in [9.17, 15) is 4.79 Å². The van der Waals surface area contributed by atoms with E-state index >= 15 is 0 Å². The van der Waals surface area contributed by atoms with Crippen molar-refractivity contribution in [1.29, 1.82) is 5.26 Å². The van der Waals surface area contributed by atoms with Crippen molar-refractivity contribution in [3.63, 3.8) is 0 Å². The zero-order chi connectivity index (χ0) is 13.7. The Labute approximate surface area is 110 Å². The van der Waals surface area contributed by atoms with Gasteiger partial charge >= 0.3 is 5.97 Å². The molecular formula is C14H12N2O3. The summed E-state index contributed by atoms with van der Waals surface area (Å²) >= 11 is 0. The number of benzene rings is 1. The van der Waals surface area contributed by atoms with Gasteiger partial charge in [-0.2, -0.15) is 5.26 Å². The number of rotatable bonds is 4. The Morgan fingerprint density at radius 2 is 2.16 bits per heavy atom. The lowest BCUT2D eigenvalue weighted by molar-refractivity contribution is -0.142. The van der Waals surface area contributed by atoms with Crippen LogP contribution in [0, 0.1) is 11.3 Å². The van der Waals surface area contributed by atoms with E-state index in [1.807, 2.05) is 6.07 Å². The fourth-order valence-corrected chi connectivity index (χ4v) is 1.60. The van der Waals surface area contributed by atoms with Crippen LogP contribution in [0.2, 0.25) is 0 Å². The van der Waals surface area contributed by atoms with Crippen LogP contribution < -0.4 is 0 Å². The van der Waals surface area contributed by atoms with Crippen LogP contribution in [0.4, 0.5) is 0 Å². The van der Waals surface area contributed by atoms with Gasteiger partial charge < -0.3 is 9.26 Å². The number of carbonyl (C=O) groups is 1. The zero-order valence-corrected chi connectivity index (χ0v) is 10.4. The standard InChI is InChI=1S/C14H12N2O3/c1-2-18-14(17)8-12-7-13(19-16-12)11-5-3-10(9-15)4-6-11/h3-7H,2,8H2,1H3. The molecule has 2 rings (SSSR count). The molecule has 0 N–H and O–H groups in total. The van der Waals surface area contributed by atoms with Crippen LogP contribution in [0.3, 0.4) is 0 Å². The Bertz CT molecular complexity index is 608. The van der Waals surface area contributed by atoms with Crippen molar-refractivity contribution in [1.82, 2.24) is 5.16 Å². The van der Waals surface area contributed by atoms with E-state index < -0.39 is 0 Å². The molecular weight excluding hydrogens is 244 g/mol. The predicted molar refractivity (Wildman–Crippen MR) is 67.0 cm³/mol. The third-order valence-corrected chi connectivity index (χ3v) is 2.49. The van der Waals surface area contributed by atoms with Gasteiger partial charge in [0.15, 0.2) is 5.76 Å². The number of hydrogen-bond acceptors (Lipinski definition) is 5. The summed E-state index contributed by atoms with van der Waals surface area (Å²) in [5.41, 5.74) is 1.91. The van der Waals surface area contributed by atoms with E-state index in [4.69, 9.17) is 14.5 Å². The van der Waals surface area contributed by atoms with Gasteiger partial charge in [0.25, 0.3) is 0 Å². The van der Waals surface area contributed by atoms with Crippen LogP contribution in [-0.2, 0) is 16.0 Å². The van der Waals surface area contributed by atoms with Crippen molar-refractivity contribution in [2.45, 2.75) is 13.3 Å². The molecule has 0 spiro atoms. The highest BCUT2D eigenvalue weighted by molar-refractivity contribution is 5.72. The van der Waals surface area contributed by atoms with Gasteiger partial charge in [-0.25, -0.2) is 0 Å². The molecule has 1 aromatic heterocycles. The van der Waals surface area contributed by atoms with Crippen LogP contribution >= 0.6 is 0 Å². The Hall–Kier alpha value is -2.61. The molecule has 0 aliphatic carbocycles. The Balaban J connectivity index is 2.12. The normalized spacial score (nSPS) is 9.89. The predicted octanol–water partition coefficient (Wildman–Crippen LogP) is 2.32. The number of ether oxygens (including phenoxy) is 1. The van der Waals surface area contributed by atoms with Crippen LogP contribution in [0.5, 0.6) is 0 Å². The van der Waals surface area contributed by atoms with E-state index in [-0.39, 0.29) is 12.4 Å². The smallest absolute Gasteiger partial charge is 0.311 e. The highest BCUT2D eigenvalue weighted by Gasteiger charge is 2.11. The molecule has 2 aromatic rings. The lowest BCUT2D eigenvalue weighted by Gasteiger charge is -1.97. The summed E-state index contributed by atoms with van der Waals surface area (Å²) in [5.74, 6) is 0.228. The second-order valence-corrected chi connectivity index (χ2v) is 3.85. The summed E-state index contributed by atoms with van der Waals surface area (Å²) in [6.45, 7) is 2.10. The maximum absolute atomic E-state index is 11.3. The summed E-state index contributed by atoms with van der Waals surface area (Å²) in [5, 5.41) is 12.5. The molecule has 1 heterocycles. The van der Waals surface area contributed by atoms with E-state index in [0.717, 1.165) is 5.56 Å². The number of hydrogen-bond donors (Lipinski definition) is 0. The zero-order valence-electron chi connectivity index (χ0n) is 10.4. The second kappa shape index (κ2) is 5.83. The van der Waals surface area contributed by atoms with Gasteiger partial charge in [0, 0.05) is 11.6 Å². The van der Waals surface area contributed by atoms with Crippen molar-refractivity contribution in [2.75, 3.05) is 6.61 Å². The van der Waals surface area contributed by atoms with Gasteiger partial charge in [-0.3, -0.25) is 4.79 Å². The van der Waals surface area contributed by atoms with Gasteiger partial charge in [-0.15, -0.1) is 0 Å². The van der Waals surface area contributed by atoms with Gasteiger partial charge in [0.05, 0.1) is 30.4 Å². The fourth-order valence-electron chi connectivity index (χ4n) is 1.60. The summed E-state index contributed by atoms with van der Waals surface area (Å²) in [6, 6.07) is 10.7. The summed E-state index contributed by atoms with van der Waals surface area (Å²) in [6.07, 6.45) is 0.0909. The SMILES string of the molecule is CCOC(=O)Cc1cc(-c2ccc(C#N)cc2)on1. The lowest BCUT2D eigenvalue weighted by atomic mass is 10.1. The first-order chi connectivity index (χ1) is 9.22. The fraction of sp³-hybridized carbons (Fsp3) is 0.214.